The Bertz CT molecular complexity index is 874. The number of carbonyl (C=O) groups is 1. The van der Waals surface area contributed by atoms with Gasteiger partial charge in [-0.15, -0.1) is 0 Å². The van der Waals surface area contributed by atoms with E-state index in [9.17, 15) is 13.2 Å². The molecule has 1 aromatic carbocycles. The van der Waals surface area contributed by atoms with Crippen molar-refractivity contribution in [2.75, 3.05) is 13.1 Å². The largest absolute Gasteiger partial charge is 0.478 e. The van der Waals surface area contributed by atoms with Gasteiger partial charge in [0.1, 0.15) is 0 Å². The van der Waals surface area contributed by atoms with Crippen LogP contribution >= 0.6 is 0 Å². The van der Waals surface area contributed by atoms with E-state index < -0.39 is 16.0 Å². The SMILES string of the molecule is CCCn1nccc1S(=O)(=O)N1CCC[C@H](c2ccc(C(=O)O)cc2)C1. The highest BCUT2D eigenvalue weighted by molar-refractivity contribution is 7.89. The summed E-state index contributed by atoms with van der Waals surface area (Å²) in [6.45, 7) is 3.43. The van der Waals surface area contributed by atoms with E-state index in [0.29, 0.717) is 19.6 Å². The predicted molar refractivity (Wildman–Crippen MR) is 96.7 cm³/mol. The number of carboxylic acid groups (broad SMARTS) is 1. The molecule has 2 aromatic rings. The second kappa shape index (κ2) is 7.59. The van der Waals surface area contributed by atoms with Crippen LogP contribution in [0.4, 0.5) is 0 Å². The van der Waals surface area contributed by atoms with Crippen molar-refractivity contribution in [2.45, 2.75) is 43.7 Å². The molecule has 2 heterocycles. The number of carboxylic acids is 1. The lowest BCUT2D eigenvalue weighted by Gasteiger charge is -2.32. The normalized spacial score (nSPS) is 18.7. The van der Waals surface area contributed by atoms with Gasteiger partial charge in [-0.1, -0.05) is 19.1 Å². The van der Waals surface area contributed by atoms with Crippen LogP contribution in [0, 0.1) is 0 Å². The van der Waals surface area contributed by atoms with Crippen molar-refractivity contribution in [3.63, 3.8) is 0 Å². The highest BCUT2D eigenvalue weighted by Gasteiger charge is 2.32. The zero-order chi connectivity index (χ0) is 18.7. The molecule has 140 valence electrons. The number of hydrogen-bond donors (Lipinski definition) is 1. The number of sulfonamides is 1. The van der Waals surface area contributed by atoms with Crippen LogP contribution in [-0.2, 0) is 16.6 Å². The van der Waals surface area contributed by atoms with Gasteiger partial charge in [0.15, 0.2) is 5.03 Å². The lowest BCUT2D eigenvalue weighted by Crippen LogP contribution is -2.39. The van der Waals surface area contributed by atoms with Crippen molar-refractivity contribution in [3.8, 4) is 0 Å². The molecule has 0 spiro atoms. The molecular weight excluding hydrogens is 354 g/mol. The van der Waals surface area contributed by atoms with Crippen molar-refractivity contribution in [1.29, 1.82) is 0 Å². The quantitative estimate of drug-likeness (QED) is 0.835. The predicted octanol–water partition coefficient (Wildman–Crippen LogP) is 2.56. The van der Waals surface area contributed by atoms with E-state index in [1.807, 2.05) is 6.92 Å². The zero-order valence-corrected chi connectivity index (χ0v) is 15.5. The molecule has 0 bridgehead atoms. The molecule has 7 nitrogen and oxygen atoms in total. The Morgan fingerprint density at radius 2 is 2.00 bits per heavy atom. The summed E-state index contributed by atoms with van der Waals surface area (Å²) in [5, 5.41) is 13.4. The molecule has 1 N–H and O–H groups in total. The number of piperidine rings is 1. The molecule has 1 saturated heterocycles. The fourth-order valence-electron chi connectivity index (χ4n) is 3.38. The molecule has 0 radical (unpaired) electrons. The first-order chi connectivity index (χ1) is 12.4. The Labute approximate surface area is 153 Å². The summed E-state index contributed by atoms with van der Waals surface area (Å²) in [7, 11) is -3.59. The van der Waals surface area contributed by atoms with Crippen LogP contribution in [0.25, 0.3) is 0 Å². The topological polar surface area (TPSA) is 92.5 Å². The average molecular weight is 377 g/mol. The number of aromatic carboxylic acids is 1. The van der Waals surface area contributed by atoms with Crippen molar-refractivity contribution < 1.29 is 18.3 Å². The van der Waals surface area contributed by atoms with Gasteiger partial charge in [-0.3, -0.25) is 4.68 Å². The Morgan fingerprint density at radius 1 is 1.27 bits per heavy atom. The third-order valence-electron chi connectivity index (χ3n) is 4.73. The minimum absolute atomic E-state index is 0.0592. The number of aromatic nitrogens is 2. The molecule has 0 aliphatic carbocycles. The summed E-state index contributed by atoms with van der Waals surface area (Å²) in [6.07, 6.45) is 3.98. The van der Waals surface area contributed by atoms with Gasteiger partial charge in [0, 0.05) is 19.6 Å². The Hall–Kier alpha value is -2.19. The van der Waals surface area contributed by atoms with Gasteiger partial charge in [0.25, 0.3) is 10.0 Å². The van der Waals surface area contributed by atoms with Crippen molar-refractivity contribution in [2.24, 2.45) is 0 Å². The monoisotopic (exact) mass is 377 g/mol. The van der Waals surface area contributed by atoms with E-state index in [1.165, 1.54) is 10.5 Å². The molecule has 8 heteroatoms. The number of aryl methyl sites for hydroxylation is 1. The number of hydrogen-bond acceptors (Lipinski definition) is 4. The van der Waals surface area contributed by atoms with Gasteiger partial charge in [-0.25, -0.2) is 13.2 Å². The highest BCUT2D eigenvalue weighted by atomic mass is 32.2. The van der Waals surface area contributed by atoms with Crippen LogP contribution in [-0.4, -0.2) is 46.7 Å². The molecule has 0 amide bonds. The number of nitrogens with zero attached hydrogens (tertiary/aromatic N) is 3. The minimum atomic E-state index is -3.59. The van der Waals surface area contributed by atoms with Crippen LogP contribution in [0.5, 0.6) is 0 Å². The molecule has 1 fully saturated rings. The summed E-state index contributed by atoms with van der Waals surface area (Å²) in [5.74, 6) is -0.905. The Morgan fingerprint density at radius 3 is 2.65 bits per heavy atom. The van der Waals surface area contributed by atoms with E-state index in [4.69, 9.17) is 5.11 Å². The fraction of sp³-hybridized carbons (Fsp3) is 0.444. The van der Waals surface area contributed by atoms with Crippen molar-refractivity contribution in [1.82, 2.24) is 14.1 Å². The first-order valence-electron chi connectivity index (χ1n) is 8.78. The maximum atomic E-state index is 13.1. The molecule has 26 heavy (non-hydrogen) atoms. The first kappa shape index (κ1) is 18.6. The van der Waals surface area contributed by atoms with Gasteiger partial charge >= 0.3 is 5.97 Å². The van der Waals surface area contributed by atoms with Crippen molar-refractivity contribution in [3.05, 3.63) is 47.7 Å². The van der Waals surface area contributed by atoms with Crippen LogP contribution in [0.3, 0.4) is 0 Å². The molecular formula is C18H23N3O4S. The maximum Gasteiger partial charge on any atom is 0.335 e. The van der Waals surface area contributed by atoms with E-state index in [1.54, 1.807) is 35.0 Å². The average Bonchev–Trinajstić information content (AvgIpc) is 3.11. The van der Waals surface area contributed by atoms with E-state index in [2.05, 4.69) is 5.10 Å². The standard InChI is InChI=1S/C18H23N3O4S/c1-2-11-21-17(9-10-19-21)26(24,25)20-12-3-4-16(13-20)14-5-7-15(8-6-14)18(22)23/h5-10,16H,2-4,11-13H2,1H3,(H,22,23)/t16-/m0/s1. The lowest BCUT2D eigenvalue weighted by molar-refractivity contribution is 0.0697. The first-order valence-corrected chi connectivity index (χ1v) is 10.2. The second-order valence-electron chi connectivity index (χ2n) is 6.52. The smallest absolute Gasteiger partial charge is 0.335 e. The van der Waals surface area contributed by atoms with Crippen LogP contribution in [0.1, 0.15) is 48.0 Å². The van der Waals surface area contributed by atoms with Gasteiger partial charge in [-0.2, -0.15) is 9.40 Å². The van der Waals surface area contributed by atoms with Crippen LogP contribution in [0.2, 0.25) is 0 Å². The second-order valence-corrected chi connectivity index (χ2v) is 8.41. The molecule has 0 saturated carbocycles. The Kier molecular flexibility index (Phi) is 5.43. The summed E-state index contributed by atoms with van der Waals surface area (Å²) in [6, 6.07) is 8.26. The molecule has 1 atom stereocenters. The molecule has 1 aliphatic rings. The van der Waals surface area contributed by atoms with Gasteiger partial charge in [0.2, 0.25) is 0 Å². The molecule has 1 aromatic heterocycles. The molecule has 1 aliphatic heterocycles. The highest BCUT2D eigenvalue weighted by Crippen LogP contribution is 2.30. The maximum absolute atomic E-state index is 13.1. The molecule has 3 rings (SSSR count). The van der Waals surface area contributed by atoms with Crippen LogP contribution in [0.15, 0.2) is 41.6 Å². The number of benzene rings is 1. The fourth-order valence-corrected chi connectivity index (χ4v) is 5.03. The van der Waals surface area contributed by atoms with E-state index in [0.717, 1.165) is 24.8 Å². The third-order valence-corrected chi connectivity index (χ3v) is 6.62. The summed E-state index contributed by atoms with van der Waals surface area (Å²) in [5.41, 5.74) is 1.20. The van der Waals surface area contributed by atoms with Gasteiger partial charge < -0.3 is 5.11 Å². The summed E-state index contributed by atoms with van der Waals surface area (Å²) < 4.78 is 29.2. The molecule has 0 unspecified atom stereocenters. The van der Waals surface area contributed by atoms with E-state index >= 15 is 0 Å². The minimum Gasteiger partial charge on any atom is -0.478 e. The van der Waals surface area contributed by atoms with Gasteiger partial charge in [0.05, 0.1) is 11.8 Å². The Balaban J connectivity index is 1.81. The lowest BCUT2D eigenvalue weighted by atomic mass is 9.91. The van der Waals surface area contributed by atoms with Gasteiger partial charge in [-0.05, 0) is 48.9 Å². The summed E-state index contributed by atoms with van der Waals surface area (Å²) >= 11 is 0. The zero-order valence-electron chi connectivity index (χ0n) is 14.7. The third kappa shape index (κ3) is 3.66. The van der Waals surface area contributed by atoms with E-state index in [-0.39, 0.29) is 16.5 Å². The summed E-state index contributed by atoms with van der Waals surface area (Å²) in [4.78, 5) is 11.0. The van der Waals surface area contributed by atoms with Crippen LogP contribution < -0.4 is 0 Å². The number of rotatable bonds is 6. The van der Waals surface area contributed by atoms with Crippen molar-refractivity contribution >= 4 is 16.0 Å².